The quantitative estimate of drug-likeness (QED) is 0.808. The highest BCUT2D eigenvalue weighted by atomic mass is 16.2. The molecule has 124 valence electrons. The minimum atomic E-state index is 0.207. The molecule has 1 fully saturated rings. The molecule has 0 spiro atoms. The molecule has 0 aromatic rings. The summed E-state index contributed by atoms with van der Waals surface area (Å²) in [6.45, 7) is 12.2. The number of carbonyl (C=O) groups is 1. The minimum Gasteiger partial charge on any atom is -0.343 e. The molecule has 1 N–H and O–H groups in total. The van der Waals surface area contributed by atoms with Crippen molar-refractivity contribution in [3.05, 3.63) is 0 Å². The fourth-order valence-corrected chi connectivity index (χ4v) is 2.93. The van der Waals surface area contributed by atoms with Gasteiger partial charge < -0.3 is 10.2 Å². The smallest absolute Gasteiger partial charge is 0.222 e. The van der Waals surface area contributed by atoms with E-state index in [1.165, 1.54) is 19.3 Å². The Morgan fingerprint density at radius 3 is 2.29 bits per heavy atom. The summed E-state index contributed by atoms with van der Waals surface area (Å²) in [5.41, 5.74) is 0.207. The number of rotatable bonds is 6. The molecule has 0 aromatic heterocycles. The zero-order valence-electron chi connectivity index (χ0n) is 15.0. The second-order valence-electron chi connectivity index (χ2n) is 7.94. The first kappa shape index (κ1) is 18.5. The molecule has 0 radical (unpaired) electrons. The lowest BCUT2D eigenvalue weighted by Gasteiger charge is -2.36. The van der Waals surface area contributed by atoms with Gasteiger partial charge >= 0.3 is 0 Å². The molecule has 1 saturated carbocycles. The van der Waals surface area contributed by atoms with Crippen LogP contribution in [-0.4, -0.2) is 36.5 Å². The summed E-state index contributed by atoms with van der Waals surface area (Å²) in [5, 5.41) is 3.61. The van der Waals surface area contributed by atoms with Crippen molar-refractivity contribution >= 4 is 5.91 Å². The van der Waals surface area contributed by atoms with Crippen LogP contribution >= 0.6 is 0 Å². The number of hydrogen-bond acceptors (Lipinski definition) is 2. The Kier molecular flexibility index (Phi) is 7.19. The van der Waals surface area contributed by atoms with Gasteiger partial charge in [-0.1, -0.05) is 34.6 Å². The average molecular weight is 296 g/mol. The Labute approximate surface area is 131 Å². The van der Waals surface area contributed by atoms with Gasteiger partial charge in [0.1, 0.15) is 0 Å². The molecule has 0 heterocycles. The van der Waals surface area contributed by atoms with Crippen LogP contribution in [0.15, 0.2) is 0 Å². The van der Waals surface area contributed by atoms with E-state index in [2.05, 4.69) is 39.9 Å². The van der Waals surface area contributed by atoms with Gasteiger partial charge in [0.25, 0.3) is 0 Å². The molecule has 1 atom stereocenters. The standard InChI is InChI=1S/C18H36N2O/c1-7-12-19-15-8-10-16(11-9-15)20(6)17(21)13-14(2)18(3,4)5/h14-16,19H,7-13H2,1-6H3. The molecule has 1 amide bonds. The van der Waals surface area contributed by atoms with Crippen LogP contribution in [0.2, 0.25) is 0 Å². The van der Waals surface area contributed by atoms with E-state index >= 15 is 0 Å². The van der Waals surface area contributed by atoms with Crippen molar-refractivity contribution in [2.24, 2.45) is 11.3 Å². The fraction of sp³-hybridized carbons (Fsp3) is 0.944. The monoisotopic (exact) mass is 296 g/mol. The maximum atomic E-state index is 12.5. The largest absolute Gasteiger partial charge is 0.343 e. The Morgan fingerprint density at radius 1 is 1.24 bits per heavy atom. The van der Waals surface area contributed by atoms with Crippen molar-refractivity contribution in [1.82, 2.24) is 10.2 Å². The van der Waals surface area contributed by atoms with Crippen LogP contribution < -0.4 is 5.32 Å². The zero-order chi connectivity index (χ0) is 16.0. The highest BCUT2D eigenvalue weighted by Gasteiger charge is 2.29. The third-order valence-corrected chi connectivity index (χ3v) is 5.28. The van der Waals surface area contributed by atoms with Crippen LogP contribution in [0, 0.1) is 11.3 Å². The van der Waals surface area contributed by atoms with Crippen LogP contribution in [0.3, 0.4) is 0 Å². The zero-order valence-corrected chi connectivity index (χ0v) is 15.0. The lowest BCUT2D eigenvalue weighted by Crippen LogP contribution is -2.44. The predicted octanol–water partition coefficient (Wildman–Crippen LogP) is 3.83. The van der Waals surface area contributed by atoms with Crippen molar-refractivity contribution in [3.8, 4) is 0 Å². The number of carbonyl (C=O) groups excluding carboxylic acids is 1. The van der Waals surface area contributed by atoms with Gasteiger partial charge in [-0.2, -0.15) is 0 Å². The summed E-state index contributed by atoms with van der Waals surface area (Å²) in [6, 6.07) is 1.11. The highest BCUT2D eigenvalue weighted by Crippen LogP contribution is 2.29. The molecule has 1 unspecified atom stereocenters. The van der Waals surface area contributed by atoms with Crippen LogP contribution in [0.5, 0.6) is 0 Å². The van der Waals surface area contributed by atoms with Gasteiger partial charge in [-0.3, -0.25) is 4.79 Å². The molecule has 0 aromatic carbocycles. The Bertz CT molecular complexity index is 314. The number of nitrogens with one attached hydrogen (secondary N) is 1. The van der Waals surface area contributed by atoms with Gasteiger partial charge in [-0.05, 0) is 50.0 Å². The number of amides is 1. The molecular weight excluding hydrogens is 260 g/mol. The molecule has 1 rings (SSSR count). The van der Waals surface area contributed by atoms with Crippen LogP contribution in [0.4, 0.5) is 0 Å². The second kappa shape index (κ2) is 8.17. The molecule has 0 saturated heterocycles. The third kappa shape index (κ3) is 5.98. The van der Waals surface area contributed by atoms with E-state index in [1.54, 1.807) is 0 Å². The second-order valence-corrected chi connectivity index (χ2v) is 7.94. The summed E-state index contributed by atoms with van der Waals surface area (Å²) in [4.78, 5) is 14.5. The summed E-state index contributed by atoms with van der Waals surface area (Å²) in [5.74, 6) is 0.748. The van der Waals surface area contributed by atoms with Gasteiger partial charge in [0.05, 0.1) is 0 Å². The van der Waals surface area contributed by atoms with Gasteiger partial charge in [0.2, 0.25) is 5.91 Å². The summed E-state index contributed by atoms with van der Waals surface area (Å²) < 4.78 is 0. The van der Waals surface area contributed by atoms with Gasteiger partial charge in [0.15, 0.2) is 0 Å². The Morgan fingerprint density at radius 2 is 1.81 bits per heavy atom. The van der Waals surface area contributed by atoms with Crippen LogP contribution in [0.1, 0.15) is 73.1 Å². The van der Waals surface area contributed by atoms with Gasteiger partial charge in [0, 0.05) is 25.6 Å². The minimum absolute atomic E-state index is 0.207. The fourth-order valence-electron chi connectivity index (χ4n) is 2.93. The molecule has 3 nitrogen and oxygen atoms in total. The van der Waals surface area contributed by atoms with E-state index in [4.69, 9.17) is 0 Å². The van der Waals surface area contributed by atoms with Crippen molar-refractivity contribution in [1.29, 1.82) is 0 Å². The summed E-state index contributed by atoms with van der Waals surface area (Å²) >= 11 is 0. The topological polar surface area (TPSA) is 32.3 Å². The molecule has 0 aliphatic heterocycles. The first-order chi connectivity index (χ1) is 9.75. The van der Waals surface area contributed by atoms with E-state index in [-0.39, 0.29) is 5.41 Å². The maximum Gasteiger partial charge on any atom is 0.222 e. The highest BCUT2D eigenvalue weighted by molar-refractivity contribution is 5.76. The molecule has 21 heavy (non-hydrogen) atoms. The first-order valence-electron chi connectivity index (χ1n) is 8.74. The van der Waals surface area contributed by atoms with E-state index in [0.29, 0.717) is 30.3 Å². The molecule has 1 aliphatic rings. The molecule has 0 bridgehead atoms. The van der Waals surface area contributed by atoms with E-state index in [0.717, 1.165) is 19.4 Å². The lowest BCUT2D eigenvalue weighted by atomic mass is 9.79. The van der Waals surface area contributed by atoms with Gasteiger partial charge in [-0.25, -0.2) is 0 Å². The maximum absolute atomic E-state index is 12.5. The summed E-state index contributed by atoms with van der Waals surface area (Å²) in [7, 11) is 2.00. The number of hydrogen-bond donors (Lipinski definition) is 1. The lowest BCUT2D eigenvalue weighted by molar-refractivity contribution is -0.134. The number of nitrogens with zero attached hydrogens (tertiary/aromatic N) is 1. The Balaban J connectivity index is 2.39. The molecule has 1 aliphatic carbocycles. The predicted molar refractivity (Wildman–Crippen MR) is 90.3 cm³/mol. The van der Waals surface area contributed by atoms with Crippen molar-refractivity contribution in [2.45, 2.75) is 85.2 Å². The molecule has 3 heteroatoms. The van der Waals surface area contributed by atoms with Gasteiger partial charge in [-0.15, -0.1) is 0 Å². The average Bonchev–Trinajstić information content (AvgIpc) is 2.43. The van der Waals surface area contributed by atoms with Crippen molar-refractivity contribution in [3.63, 3.8) is 0 Å². The van der Waals surface area contributed by atoms with E-state index in [9.17, 15) is 4.79 Å². The van der Waals surface area contributed by atoms with E-state index in [1.807, 2.05) is 11.9 Å². The van der Waals surface area contributed by atoms with Crippen molar-refractivity contribution < 1.29 is 4.79 Å². The van der Waals surface area contributed by atoms with Crippen LogP contribution in [-0.2, 0) is 4.79 Å². The van der Waals surface area contributed by atoms with Crippen LogP contribution in [0.25, 0.3) is 0 Å². The van der Waals surface area contributed by atoms with Crippen molar-refractivity contribution in [2.75, 3.05) is 13.6 Å². The van der Waals surface area contributed by atoms with E-state index < -0.39 is 0 Å². The molecular formula is C18H36N2O. The Hall–Kier alpha value is -0.570. The first-order valence-corrected chi connectivity index (χ1v) is 8.74. The normalized spacial score (nSPS) is 24.7. The summed E-state index contributed by atoms with van der Waals surface area (Å²) in [6.07, 6.45) is 6.58. The third-order valence-electron chi connectivity index (χ3n) is 5.28. The SMILES string of the molecule is CCCNC1CCC(N(C)C(=O)CC(C)C(C)(C)C)CC1.